The lowest BCUT2D eigenvalue weighted by Gasteiger charge is -2.09. The summed E-state index contributed by atoms with van der Waals surface area (Å²) < 4.78 is 36.0. The molecule has 0 spiro atoms. The summed E-state index contributed by atoms with van der Waals surface area (Å²) in [6.45, 7) is 0.0130. The van der Waals surface area contributed by atoms with Crippen molar-refractivity contribution in [2.75, 3.05) is 11.9 Å². The third-order valence-electron chi connectivity index (χ3n) is 2.07. The molecule has 1 aromatic carbocycles. The summed E-state index contributed by atoms with van der Waals surface area (Å²) in [5, 5.41) is 10.4. The molecule has 0 aromatic heterocycles. The number of anilines is 1. The number of hydrogen-bond donors (Lipinski definition) is 2. The van der Waals surface area contributed by atoms with Crippen molar-refractivity contribution < 1.29 is 23.1 Å². The average Bonchev–Trinajstić information content (AvgIpc) is 2.25. The Kier molecular flexibility index (Phi) is 4.51. The predicted octanol–water partition coefficient (Wildman–Crippen LogP) is 2.11. The van der Waals surface area contributed by atoms with Crippen LogP contribution in [0.1, 0.15) is 12.0 Å². The van der Waals surface area contributed by atoms with Gasteiger partial charge >= 0.3 is 12.1 Å². The molecule has 1 aromatic rings. The van der Waals surface area contributed by atoms with Gasteiger partial charge in [-0.25, -0.2) is 0 Å². The van der Waals surface area contributed by atoms with Crippen LogP contribution in [0.2, 0.25) is 0 Å². The number of benzene rings is 1. The summed E-state index contributed by atoms with van der Waals surface area (Å²) in [6.07, 6.45) is -3.82. The van der Waals surface area contributed by atoms with Crippen LogP contribution in [0.3, 0.4) is 0 Å². The number of rotatable bonds is 4. The number of carbonyl (C=O) groups is 1. The van der Waals surface area contributed by atoms with Crippen molar-refractivity contribution in [3.63, 3.8) is 0 Å². The minimum atomic E-state index is -4.89. The molecule has 0 atom stereocenters. The number of aliphatic hydroxyl groups is 1. The van der Waals surface area contributed by atoms with Crippen molar-refractivity contribution in [1.29, 1.82) is 0 Å². The second-order valence-corrected chi connectivity index (χ2v) is 3.48. The molecular weight excluding hydrogens is 235 g/mol. The Hall–Kier alpha value is -1.56. The number of aryl methyl sites for hydroxylation is 1. The van der Waals surface area contributed by atoms with Gasteiger partial charge in [-0.1, -0.05) is 12.1 Å². The average molecular weight is 247 g/mol. The highest BCUT2D eigenvalue weighted by molar-refractivity contribution is 5.94. The van der Waals surface area contributed by atoms with Gasteiger partial charge in [0.1, 0.15) is 0 Å². The van der Waals surface area contributed by atoms with Crippen LogP contribution in [0, 0.1) is 0 Å². The molecule has 17 heavy (non-hydrogen) atoms. The van der Waals surface area contributed by atoms with Crippen LogP contribution in [0.4, 0.5) is 18.9 Å². The molecule has 6 heteroatoms. The zero-order chi connectivity index (χ0) is 12.9. The number of hydrogen-bond acceptors (Lipinski definition) is 2. The normalized spacial score (nSPS) is 11.3. The van der Waals surface area contributed by atoms with E-state index in [0.717, 1.165) is 5.56 Å². The molecule has 0 unspecified atom stereocenters. The first-order chi connectivity index (χ1) is 7.93. The maximum absolute atomic E-state index is 12.0. The smallest absolute Gasteiger partial charge is 0.396 e. The molecule has 0 heterocycles. The fraction of sp³-hybridized carbons (Fsp3) is 0.364. The standard InChI is InChI=1S/C11H12F3NO2/c12-11(13,14)10(17)15-9-5-1-3-8(7-9)4-2-6-16/h1,3,5,7,16H,2,4,6H2,(H,15,17). The molecule has 1 rings (SSSR count). The zero-order valence-electron chi connectivity index (χ0n) is 8.92. The highest BCUT2D eigenvalue weighted by atomic mass is 19.4. The topological polar surface area (TPSA) is 49.3 Å². The van der Waals surface area contributed by atoms with Gasteiger partial charge in [0, 0.05) is 12.3 Å². The summed E-state index contributed by atoms with van der Waals surface area (Å²) in [6, 6.07) is 6.11. The highest BCUT2D eigenvalue weighted by Crippen LogP contribution is 2.19. The molecule has 0 radical (unpaired) electrons. The van der Waals surface area contributed by atoms with Gasteiger partial charge in [0.25, 0.3) is 0 Å². The third kappa shape index (κ3) is 4.44. The van der Waals surface area contributed by atoms with Crippen molar-refractivity contribution in [2.24, 2.45) is 0 Å². The maximum atomic E-state index is 12.0. The molecule has 94 valence electrons. The second kappa shape index (κ2) is 5.67. The van der Waals surface area contributed by atoms with E-state index in [9.17, 15) is 18.0 Å². The first kappa shape index (κ1) is 13.5. The summed E-state index contributed by atoms with van der Waals surface area (Å²) in [5.74, 6) is -1.99. The fourth-order valence-electron chi connectivity index (χ4n) is 1.29. The highest BCUT2D eigenvalue weighted by Gasteiger charge is 2.38. The molecular formula is C11H12F3NO2. The summed E-state index contributed by atoms with van der Waals surface area (Å²) >= 11 is 0. The first-order valence-electron chi connectivity index (χ1n) is 5.01. The summed E-state index contributed by atoms with van der Waals surface area (Å²) in [7, 11) is 0. The van der Waals surface area contributed by atoms with Gasteiger partial charge in [0.05, 0.1) is 0 Å². The number of alkyl halides is 3. The van der Waals surface area contributed by atoms with E-state index >= 15 is 0 Å². The Morgan fingerprint density at radius 1 is 1.35 bits per heavy atom. The van der Waals surface area contributed by atoms with Crippen LogP contribution in [0.15, 0.2) is 24.3 Å². The lowest BCUT2D eigenvalue weighted by atomic mass is 10.1. The first-order valence-corrected chi connectivity index (χ1v) is 5.01. The molecule has 1 amide bonds. The molecule has 0 aliphatic rings. The number of nitrogens with one attached hydrogen (secondary N) is 1. The molecule has 0 bridgehead atoms. The molecule has 2 N–H and O–H groups in total. The van der Waals surface area contributed by atoms with Gasteiger partial charge in [-0.05, 0) is 30.5 Å². The largest absolute Gasteiger partial charge is 0.471 e. The van der Waals surface area contributed by atoms with Crippen molar-refractivity contribution in [1.82, 2.24) is 0 Å². The quantitative estimate of drug-likeness (QED) is 0.856. The van der Waals surface area contributed by atoms with Gasteiger partial charge < -0.3 is 10.4 Å². The molecule has 0 saturated heterocycles. The van der Waals surface area contributed by atoms with Crippen molar-refractivity contribution in [3.8, 4) is 0 Å². The van der Waals surface area contributed by atoms with E-state index < -0.39 is 12.1 Å². The molecule has 0 aliphatic heterocycles. The van der Waals surface area contributed by atoms with Crippen LogP contribution in [0.25, 0.3) is 0 Å². The van der Waals surface area contributed by atoms with Crippen molar-refractivity contribution >= 4 is 11.6 Å². The third-order valence-corrected chi connectivity index (χ3v) is 2.07. The van der Waals surface area contributed by atoms with E-state index in [-0.39, 0.29) is 12.3 Å². The van der Waals surface area contributed by atoms with Crippen LogP contribution < -0.4 is 5.32 Å². The zero-order valence-corrected chi connectivity index (χ0v) is 8.92. The predicted molar refractivity (Wildman–Crippen MR) is 56.5 cm³/mol. The maximum Gasteiger partial charge on any atom is 0.471 e. The minimum Gasteiger partial charge on any atom is -0.396 e. The number of aliphatic hydroxyl groups excluding tert-OH is 1. The second-order valence-electron chi connectivity index (χ2n) is 3.48. The van der Waals surface area contributed by atoms with Gasteiger partial charge in [-0.15, -0.1) is 0 Å². The number of halogens is 3. The summed E-state index contributed by atoms with van der Waals surface area (Å²) in [5.41, 5.74) is 0.863. The van der Waals surface area contributed by atoms with Gasteiger partial charge in [-0.2, -0.15) is 13.2 Å². The Labute approximate surface area is 96.3 Å². The lowest BCUT2D eigenvalue weighted by molar-refractivity contribution is -0.167. The molecule has 0 fully saturated rings. The number of amides is 1. The molecule has 3 nitrogen and oxygen atoms in total. The van der Waals surface area contributed by atoms with Crippen LogP contribution in [-0.4, -0.2) is 23.8 Å². The van der Waals surface area contributed by atoms with E-state index in [1.165, 1.54) is 12.1 Å². The Morgan fingerprint density at radius 3 is 2.65 bits per heavy atom. The Bertz CT molecular complexity index is 391. The van der Waals surface area contributed by atoms with Crippen molar-refractivity contribution in [2.45, 2.75) is 19.0 Å². The molecule has 0 aliphatic carbocycles. The van der Waals surface area contributed by atoms with E-state index in [1.807, 2.05) is 0 Å². The SMILES string of the molecule is O=C(Nc1cccc(CCCO)c1)C(F)(F)F. The van der Waals surface area contributed by atoms with Crippen molar-refractivity contribution in [3.05, 3.63) is 29.8 Å². The van der Waals surface area contributed by atoms with Gasteiger partial charge in [0.2, 0.25) is 0 Å². The van der Waals surface area contributed by atoms with Crippen LogP contribution >= 0.6 is 0 Å². The Balaban J connectivity index is 2.69. The lowest BCUT2D eigenvalue weighted by Crippen LogP contribution is -2.29. The molecule has 0 saturated carbocycles. The number of carbonyl (C=O) groups excluding carboxylic acids is 1. The monoisotopic (exact) mass is 247 g/mol. The fourth-order valence-corrected chi connectivity index (χ4v) is 1.29. The van der Waals surface area contributed by atoms with Crippen LogP contribution in [0.5, 0.6) is 0 Å². The minimum absolute atomic E-state index is 0.0130. The Morgan fingerprint density at radius 2 is 2.06 bits per heavy atom. The van der Waals surface area contributed by atoms with Gasteiger partial charge in [-0.3, -0.25) is 4.79 Å². The van der Waals surface area contributed by atoms with E-state index in [4.69, 9.17) is 5.11 Å². The van der Waals surface area contributed by atoms with Gasteiger partial charge in [0.15, 0.2) is 0 Å². The summed E-state index contributed by atoms with van der Waals surface area (Å²) in [4.78, 5) is 10.7. The van der Waals surface area contributed by atoms with Crippen LogP contribution in [-0.2, 0) is 11.2 Å². The van der Waals surface area contributed by atoms with E-state index in [2.05, 4.69) is 0 Å². The van der Waals surface area contributed by atoms with E-state index in [0.29, 0.717) is 12.8 Å². The van der Waals surface area contributed by atoms with E-state index in [1.54, 1.807) is 17.4 Å².